The highest BCUT2D eigenvalue weighted by molar-refractivity contribution is 14.1. The molecule has 114 valence electrons. The van der Waals surface area contributed by atoms with Gasteiger partial charge in [-0.3, -0.25) is 10.1 Å². The minimum Gasteiger partial charge on any atom is -0.493 e. The highest BCUT2D eigenvalue weighted by Crippen LogP contribution is 2.34. The summed E-state index contributed by atoms with van der Waals surface area (Å²) in [5.74, 6) is 1.18. The van der Waals surface area contributed by atoms with Crippen molar-refractivity contribution in [1.82, 2.24) is 0 Å². The Morgan fingerprint density at radius 1 is 1.27 bits per heavy atom. The summed E-state index contributed by atoms with van der Waals surface area (Å²) < 4.78 is 12.0. The lowest BCUT2D eigenvalue weighted by Gasteiger charge is -2.13. The summed E-state index contributed by atoms with van der Waals surface area (Å²) in [5.41, 5.74) is 1.74. The van der Waals surface area contributed by atoms with E-state index in [-0.39, 0.29) is 0 Å². The van der Waals surface area contributed by atoms with Crippen LogP contribution in [0.3, 0.4) is 0 Å². The first kappa shape index (κ1) is 16.3. The number of nitrogens with zero attached hydrogens (tertiary/aromatic N) is 1. The fourth-order valence-electron chi connectivity index (χ4n) is 1.85. The van der Waals surface area contributed by atoms with Crippen molar-refractivity contribution in [3.8, 4) is 11.5 Å². The third-order valence-electron chi connectivity index (χ3n) is 2.87. The molecule has 22 heavy (non-hydrogen) atoms. The van der Waals surface area contributed by atoms with Gasteiger partial charge in [-0.15, -0.1) is 0 Å². The number of hydrogen-bond acceptors (Lipinski definition) is 4. The third kappa shape index (κ3) is 4.45. The molecule has 0 aliphatic carbocycles. The zero-order valence-corrected chi connectivity index (χ0v) is 14.0. The molecule has 0 atom stereocenters. The number of ether oxygens (including phenoxy) is 2. The zero-order chi connectivity index (χ0) is 15.9. The standard InChI is InChI=1S/C16H14INO4/c1-21-15-10-13(7-8-18(19)20)9-14(17)16(15)22-11-12-5-3-2-4-6-12/h2-10H,11H2,1H3/b8-7-. The molecule has 0 unspecified atom stereocenters. The second-order valence-electron chi connectivity index (χ2n) is 4.41. The molecule has 0 spiro atoms. The molecule has 0 saturated carbocycles. The van der Waals surface area contributed by atoms with Crippen LogP contribution in [0.2, 0.25) is 0 Å². The molecule has 0 aromatic heterocycles. The highest BCUT2D eigenvalue weighted by atomic mass is 127. The first-order chi connectivity index (χ1) is 10.6. The zero-order valence-electron chi connectivity index (χ0n) is 11.9. The summed E-state index contributed by atoms with van der Waals surface area (Å²) in [7, 11) is 1.54. The van der Waals surface area contributed by atoms with Crippen LogP contribution in [-0.4, -0.2) is 12.0 Å². The molecule has 0 radical (unpaired) electrons. The van der Waals surface area contributed by atoms with Crippen LogP contribution in [0.5, 0.6) is 11.5 Å². The van der Waals surface area contributed by atoms with Gasteiger partial charge in [0.2, 0.25) is 6.20 Å². The Morgan fingerprint density at radius 3 is 2.64 bits per heavy atom. The van der Waals surface area contributed by atoms with E-state index in [1.54, 1.807) is 13.2 Å². The maximum atomic E-state index is 10.4. The first-order valence-electron chi connectivity index (χ1n) is 6.46. The summed E-state index contributed by atoms with van der Waals surface area (Å²) in [5, 5.41) is 10.4. The smallest absolute Gasteiger partial charge is 0.235 e. The molecular weight excluding hydrogens is 397 g/mol. The summed E-state index contributed by atoms with van der Waals surface area (Å²) in [4.78, 5) is 9.90. The van der Waals surface area contributed by atoms with Gasteiger partial charge in [0, 0.05) is 6.08 Å². The lowest BCUT2D eigenvalue weighted by molar-refractivity contribution is -0.400. The Hall–Kier alpha value is -2.09. The van der Waals surface area contributed by atoms with Crippen molar-refractivity contribution in [3.63, 3.8) is 0 Å². The Kier molecular flexibility index (Phi) is 5.76. The number of methoxy groups -OCH3 is 1. The van der Waals surface area contributed by atoms with Crippen LogP contribution in [-0.2, 0) is 6.61 Å². The van der Waals surface area contributed by atoms with Gasteiger partial charge in [0.05, 0.1) is 15.6 Å². The Balaban J connectivity index is 2.22. The van der Waals surface area contributed by atoms with Gasteiger partial charge in [-0.05, 0) is 45.9 Å². The average Bonchev–Trinajstić information content (AvgIpc) is 2.52. The molecule has 0 amide bonds. The number of hydrogen-bond donors (Lipinski definition) is 0. The molecule has 6 heteroatoms. The van der Waals surface area contributed by atoms with Gasteiger partial charge < -0.3 is 9.47 Å². The van der Waals surface area contributed by atoms with Crippen molar-refractivity contribution in [1.29, 1.82) is 0 Å². The van der Waals surface area contributed by atoms with Crippen LogP contribution >= 0.6 is 22.6 Å². The highest BCUT2D eigenvalue weighted by Gasteiger charge is 2.11. The lowest BCUT2D eigenvalue weighted by Crippen LogP contribution is -2.00. The maximum Gasteiger partial charge on any atom is 0.235 e. The van der Waals surface area contributed by atoms with E-state index in [2.05, 4.69) is 22.6 Å². The van der Waals surface area contributed by atoms with Crippen molar-refractivity contribution in [2.75, 3.05) is 7.11 Å². The molecule has 0 N–H and O–H groups in total. The molecule has 0 bridgehead atoms. The predicted molar refractivity (Wildman–Crippen MR) is 92.5 cm³/mol. The third-order valence-corrected chi connectivity index (χ3v) is 3.67. The molecule has 0 fully saturated rings. The van der Waals surface area contributed by atoms with Gasteiger partial charge in [0.1, 0.15) is 6.61 Å². The van der Waals surface area contributed by atoms with E-state index < -0.39 is 4.92 Å². The van der Waals surface area contributed by atoms with E-state index in [4.69, 9.17) is 9.47 Å². The maximum absolute atomic E-state index is 10.4. The van der Waals surface area contributed by atoms with E-state index in [0.29, 0.717) is 23.7 Å². The monoisotopic (exact) mass is 411 g/mol. The topological polar surface area (TPSA) is 61.6 Å². The molecule has 2 aromatic carbocycles. The summed E-state index contributed by atoms with van der Waals surface area (Å²) in [6, 6.07) is 13.3. The van der Waals surface area contributed by atoms with Gasteiger partial charge in [-0.25, -0.2) is 0 Å². The van der Waals surface area contributed by atoms with Gasteiger partial charge in [-0.1, -0.05) is 30.3 Å². The summed E-state index contributed by atoms with van der Waals surface area (Å²) in [6.07, 6.45) is 2.32. The molecule has 5 nitrogen and oxygen atoms in total. The largest absolute Gasteiger partial charge is 0.493 e. The molecule has 0 saturated heterocycles. The van der Waals surface area contributed by atoms with E-state index in [1.165, 1.54) is 6.08 Å². The Morgan fingerprint density at radius 2 is 2.00 bits per heavy atom. The number of nitro groups is 1. The molecule has 2 aromatic rings. The van der Waals surface area contributed by atoms with Gasteiger partial charge in [-0.2, -0.15) is 0 Å². The van der Waals surface area contributed by atoms with Crippen molar-refractivity contribution in [2.24, 2.45) is 0 Å². The summed E-state index contributed by atoms with van der Waals surface area (Å²) >= 11 is 2.13. The minimum absolute atomic E-state index is 0.428. The Bertz CT molecular complexity index is 686. The number of rotatable bonds is 6. The lowest BCUT2D eigenvalue weighted by atomic mass is 10.2. The predicted octanol–water partition coefficient (Wildman–Crippen LogP) is 4.13. The van der Waals surface area contributed by atoms with Crippen molar-refractivity contribution in [3.05, 3.63) is 73.5 Å². The minimum atomic E-state index is -0.501. The average molecular weight is 411 g/mol. The van der Waals surface area contributed by atoms with Gasteiger partial charge in [0.25, 0.3) is 0 Å². The van der Waals surface area contributed by atoms with E-state index in [0.717, 1.165) is 15.3 Å². The normalized spacial score (nSPS) is 10.6. The van der Waals surface area contributed by atoms with Crippen LogP contribution in [0.15, 0.2) is 48.7 Å². The number of halogens is 1. The molecule has 2 rings (SSSR count). The van der Waals surface area contributed by atoms with Crippen LogP contribution in [0.4, 0.5) is 0 Å². The Labute approximate surface area is 141 Å². The van der Waals surface area contributed by atoms with Gasteiger partial charge in [0.15, 0.2) is 11.5 Å². The first-order valence-corrected chi connectivity index (χ1v) is 7.54. The SMILES string of the molecule is COc1cc(/C=C\[N+](=O)[O-])cc(I)c1OCc1ccccc1. The van der Waals surface area contributed by atoms with Crippen LogP contribution in [0.25, 0.3) is 6.08 Å². The quantitative estimate of drug-likeness (QED) is 0.408. The van der Waals surface area contributed by atoms with Gasteiger partial charge >= 0.3 is 0 Å². The van der Waals surface area contributed by atoms with Crippen molar-refractivity contribution in [2.45, 2.75) is 6.61 Å². The second-order valence-corrected chi connectivity index (χ2v) is 5.57. The van der Waals surface area contributed by atoms with E-state index in [9.17, 15) is 10.1 Å². The van der Waals surface area contributed by atoms with Crippen molar-refractivity contribution >= 4 is 28.7 Å². The second kappa shape index (κ2) is 7.79. The summed E-state index contributed by atoms with van der Waals surface area (Å²) in [6.45, 7) is 0.428. The molecule has 0 aliphatic heterocycles. The van der Waals surface area contributed by atoms with Crippen LogP contribution in [0, 0.1) is 13.7 Å². The molecule has 0 heterocycles. The van der Waals surface area contributed by atoms with E-state index >= 15 is 0 Å². The molecule has 0 aliphatic rings. The molecular formula is C16H14INO4. The van der Waals surface area contributed by atoms with Crippen LogP contribution in [0.1, 0.15) is 11.1 Å². The fraction of sp³-hybridized carbons (Fsp3) is 0.125. The fourth-order valence-corrected chi connectivity index (χ4v) is 2.63. The van der Waals surface area contributed by atoms with Crippen molar-refractivity contribution < 1.29 is 14.4 Å². The van der Waals surface area contributed by atoms with E-state index in [1.807, 2.05) is 36.4 Å². The van der Waals surface area contributed by atoms with Crippen LogP contribution < -0.4 is 9.47 Å². The number of benzene rings is 2.